The number of ether oxygens (including phenoxy) is 1. The predicted octanol–water partition coefficient (Wildman–Crippen LogP) is 2.88. The lowest BCUT2D eigenvalue weighted by Gasteiger charge is -2.34. The summed E-state index contributed by atoms with van der Waals surface area (Å²) in [5, 5.41) is 12.0. The lowest BCUT2D eigenvalue weighted by Crippen LogP contribution is -2.52. The average Bonchev–Trinajstić information content (AvgIpc) is 2.46. The Morgan fingerprint density at radius 3 is 2.22 bits per heavy atom. The van der Waals surface area contributed by atoms with Crippen molar-refractivity contribution in [2.24, 2.45) is 11.8 Å². The summed E-state index contributed by atoms with van der Waals surface area (Å²) in [5.74, 6) is -0.478. The van der Waals surface area contributed by atoms with Gasteiger partial charge in [-0.1, -0.05) is 32.9 Å². The van der Waals surface area contributed by atoms with Crippen LogP contribution in [-0.2, 0) is 16.0 Å². The van der Waals surface area contributed by atoms with Gasteiger partial charge in [-0.15, -0.1) is 0 Å². The Morgan fingerprint density at radius 2 is 1.78 bits per heavy atom. The number of amides is 1. The van der Waals surface area contributed by atoms with Gasteiger partial charge in [0, 0.05) is 11.5 Å². The number of benzene rings is 1. The fourth-order valence-corrected chi connectivity index (χ4v) is 2.32. The molecule has 23 heavy (non-hydrogen) atoms. The van der Waals surface area contributed by atoms with E-state index in [4.69, 9.17) is 9.84 Å². The standard InChI is InChI=1S/C18H27NO4/c1-12(2)18(4,11-16(20)21)19-17(22)13(3)10-14-6-8-15(23-5)9-7-14/h6-9,12-13H,10-11H2,1-5H3,(H,19,22)(H,20,21). The van der Waals surface area contributed by atoms with Crippen LogP contribution >= 0.6 is 0 Å². The van der Waals surface area contributed by atoms with Crippen LogP contribution < -0.4 is 10.1 Å². The summed E-state index contributed by atoms with van der Waals surface area (Å²) in [6.07, 6.45) is 0.503. The molecule has 0 saturated heterocycles. The molecule has 5 nitrogen and oxygen atoms in total. The average molecular weight is 321 g/mol. The predicted molar refractivity (Wildman–Crippen MR) is 89.5 cm³/mol. The zero-order valence-electron chi connectivity index (χ0n) is 14.6. The van der Waals surface area contributed by atoms with Gasteiger partial charge in [0.15, 0.2) is 0 Å². The Labute approximate surface area is 138 Å². The van der Waals surface area contributed by atoms with Crippen LogP contribution in [-0.4, -0.2) is 29.6 Å². The van der Waals surface area contributed by atoms with Crippen LogP contribution in [0.5, 0.6) is 5.75 Å². The fraction of sp³-hybridized carbons (Fsp3) is 0.556. The highest BCUT2D eigenvalue weighted by molar-refractivity contribution is 5.80. The number of carbonyl (C=O) groups excluding carboxylic acids is 1. The fourth-order valence-electron chi connectivity index (χ4n) is 2.32. The van der Waals surface area contributed by atoms with Crippen molar-refractivity contribution in [2.45, 2.75) is 46.1 Å². The summed E-state index contributed by atoms with van der Waals surface area (Å²) in [5.41, 5.74) is 0.287. The van der Waals surface area contributed by atoms with Gasteiger partial charge in [0.2, 0.25) is 5.91 Å². The number of aliphatic carboxylic acids is 1. The number of methoxy groups -OCH3 is 1. The largest absolute Gasteiger partial charge is 0.497 e. The van der Waals surface area contributed by atoms with Gasteiger partial charge in [0.1, 0.15) is 5.75 Å². The summed E-state index contributed by atoms with van der Waals surface area (Å²) >= 11 is 0. The monoisotopic (exact) mass is 321 g/mol. The first-order valence-corrected chi connectivity index (χ1v) is 7.84. The third-order valence-electron chi connectivity index (χ3n) is 4.35. The molecule has 1 amide bonds. The molecule has 5 heteroatoms. The van der Waals surface area contributed by atoms with E-state index in [2.05, 4.69) is 5.32 Å². The third kappa shape index (κ3) is 5.58. The maximum absolute atomic E-state index is 12.4. The summed E-state index contributed by atoms with van der Waals surface area (Å²) in [6.45, 7) is 7.46. The molecule has 0 saturated carbocycles. The molecule has 1 rings (SSSR count). The van der Waals surface area contributed by atoms with Crippen molar-refractivity contribution in [3.8, 4) is 5.75 Å². The lowest BCUT2D eigenvalue weighted by molar-refractivity contribution is -0.139. The normalized spacial score (nSPS) is 14.9. The number of hydrogen-bond acceptors (Lipinski definition) is 3. The highest BCUT2D eigenvalue weighted by atomic mass is 16.5. The Bertz CT molecular complexity index is 538. The van der Waals surface area contributed by atoms with Crippen LogP contribution in [0.3, 0.4) is 0 Å². The maximum atomic E-state index is 12.4. The molecule has 2 N–H and O–H groups in total. The Morgan fingerprint density at radius 1 is 1.22 bits per heavy atom. The van der Waals surface area contributed by atoms with Crippen molar-refractivity contribution >= 4 is 11.9 Å². The molecular formula is C18H27NO4. The van der Waals surface area contributed by atoms with E-state index in [1.54, 1.807) is 14.0 Å². The van der Waals surface area contributed by atoms with Gasteiger partial charge in [-0.3, -0.25) is 9.59 Å². The second-order valence-electron chi connectivity index (χ2n) is 6.59. The molecular weight excluding hydrogens is 294 g/mol. The number of carbonyl (C=O) groups is 2. The van der Waals surface area contributed by atoms with E-state index in [1.807, 2.05) is 45.0 Å². The molecule has 0 radical (unpaired) electrons. The van der Waals surface area contributed by atoms with Gasteiger partial charge in [0.05, 0.1) is 13.5 Å². The van der Waals surface area contributed by atoms with Crippen molar-refractivity contribution in [3.63, 3.8) is 0 Å². The molecule has 0 spiro atoms. The number of rotatable bonds is 8. The molecule has 0 aliphatic carbocycles. The molecule has 0 aromatic heterocycles. The molecule has 2 atom stereocenters. The van der Waals surface area contributed by atoms with E-state index in [1.165, 1.54) is 0 Å². The first-order valence-electron chi connectivity index (χ1n) is 7.84. The topological polar surface area (TPSA) is 75.6 Å². The van der Waals surface area contributed by atoms with E-state index < -0.39 is 11.5 Å². The molecule has 0 aliphatic rings. The Kier molecular flexibility index (Phi) is 6.61. The second kappa shape index (κ2) is 7.99. The zero-order chi connectivity index (χ0) is 17.6. The molecule has 0 heterocycles. The first-order chi connectivity index (χ1) is 10.7. The van der Waals surface area contributed by atoms with Crippen LogP contribution in [0.15, 0.2) is 24.3 Å². The summed E-state index contributed by atoms with van der Waals surface area (Å²) in [6, 6.07) is 7.59. The van der Waals surface area contributed by atoms with Crippen LogP contribution in [0.2, 0.25) is 0 Å². The van der Waals surface area contributed by atoms with Gasteiger partial charge in [0.25, 0.3) is 0 Å². The highest BCUT2D eigenvalue weighted by Gasteiger charge is 2.33. The van der Waals surface area contributed by atoms with E-state index in [9.17, 15) is 9.59 Å². The molecule has 1 aromatic rings. The molecule has 2 unspecified atom stereocenters. The van der Waals surface area contributed by atoms with Crippen molar-refractivity contribution in [1.29, 1.82) is 0 Å². The first kappa shape index (κ1) is 19.0. The molecule has 0 fully saturated rings. The van der Waals surface area contributed by atoms with E-state index in [-0.39, 0.29) is 24.2 Å². The maximum Gasteiger partial charge on any atom is 0.305 e. The molecule has 1 aromatic carbocycles. The van der Waals surface area contributed by atoms with Crippen molar-refractivity contribution in [3.05, 3.63) is 29.8 Å². The van der Waals surface area contributed by atoms with Gasteiger partial charge < -0.3 is 15.2 Å². The van der Waals surface area contributed by atoms with Crippen LogP contribution in [0, 0.1) is 11.8 Å². The van der Waals surface area contributed by atoms with E-state index in [0.717, 1.165) is 11.3 Å². The van der Waals surface area contributed by atoms with Gasteiger partial charge in [-0.2, -0.15) is 0 Å². The van der Waals surface area contributed by atoms with Crippen LogP contribution in [0.1, 0.15) is 39.7 Å². The third-order valence-corrected chi connectivity index (χ3v) is 4.35. The van der Waals surface area contributed by atoms with Gasteiger partial charge in [-0.05, 0) is 37.0 Å². The number of carboxylic acid groups (broad SMARTS) is 1. The summed E-state index contributed by atoms with van der Waals surface area (Å²) in [7, 11) is 1.61. The summed E-state index contributed by atoms with van der Waals surface area (Å²) < 4.78 is 5.12. The minimum absolute atomic E-state index is 0.0238. The lowest BCUT2D eigenvalue weighted by atomic mass is 9.84. The minimum atomic E-state index is -0.913. The number of nitrogens with one attached hydrogen (secondary N) is 1. The quantitative estimate of drug-likeness (QED) is 0.772. The molecule has 128 valence electrons. The van der Waals surface area contributed by atoms with Gasteiger partial charge >= 0.3 is 5.97 Å². The van der Waals surface area contributed by atoms with Gasteiger partial charge in [-0.25, -0.2) is 0 Å². The number of carboxylic acids is 1. The Balaban J connectivity index is 2.72. The smallest absolute Gasteiger partial charge is 0.305 e. The Hall–Kier alpha value is -2.04. The van der Waals surface area contributed by atoms with Crippen molar-refractivity contribution in [2.75, 3.05) is 7.11 Å². The van der Waals surface area contributed by atoms with Crippen molar-refractivity contribution in [1.82, 2.24) is 5.32 Å². The van der Waals surface area contributed by atoms with Crippen molar-refractivity contribution < 1.29 is 19.4 Å². The SMILES string of the molecule is COc1ccc(CC(C)C(=O)NC(C)(CC(=O)O)C(C)C)cc1. The second-order valence-corrected chi connectivity index (χ2v) is 6.59. The molecule has 0 bridgehead atoms. The number of hydrogen-bond donors (Lipinski definition) is 2. The summed E-state index contributed by atoms with van der Waals surface area (Å²) in [4.78, 5) is 23.5. The van der Waals surface area contributed by atoms with E-state index in [0.29, 0.717) is 6.42 Å². The highest BCUT2D eigenvalue weighted by Crippen LogP contribution is 2.22. The zero-order valence-corrected chi connectivity index (χ0v) is 14.6. The van der Waals surface area contributed by atoms with Crippen LogP contribution in [0.25, 0.3) is 0 Å². The minimum Gasteiger partial charge on any atom is -0.497 e. The van der Waals surface area contributed by atoms with E-state index >= 15 is 0 Å². The molecule has 0 aliphatic heterocycles. The van der Waals surface area contributed by atoms with Crippen LogP contribution in [0.4, 0.5) is 0 Å².